The molecular weight excluding hydrogens is 278 g/mol. The highest BCUT2D eigenvalue weighted by atomic mass is 32.2. The summed E-state index contributed by atoms with van der Waals surface area (Å²) < 4.78 is 29.0. The third-order valence-electron chi connectivity index (χ3n) is 3.54. The Bertz CT molecular complexity index is 552. The molecule has 2 rings (SSSR count). The summed E-state index contributed by atoms with van der Waals surface area (Å²) in [5.41, 5.74) is 0.909. The molecule has 2 atom stereocenters. The minimum Gasteiger partial charge on any atom is -0.445 e. The predicted octanol–water partition coefficient (Wildman–Crippen LogP) is 1.83. The molecule has 5 nitrogen and oxygen atoms in total. The van der Waals surface area contributed by atoms with Gasteiger partial charge < -0.3 is 9.64 Å². The second-order valence-corrected chi connectivity index (χ2v) is 7.94. The predicted molar refractivity (Wildman–Crippen MR) is 76.0 cm³/mol. The van der Waals surface area contributed by atoms with Crippen LogP contribution in [0, 0.1) is 0 Å². The van der Waals surface area contributed by atoms with E-state index in [1.165, 1.54) is 4.90 Å². The molecule has 20 heavy (non-hydrogen) atoms. The van der Waals surface area contributed by atoms with E-state index in [1.54, 1.807) is 13.8 Å². The largest absolute Gasteiger partial charge is 0.445 e. The van der Waals surface area contributed by atoms with Crippen LogP contribution in [-0.2, 0) is 21.2 Å². The van der Waals surface area contributed by atoms with Gasteiger partial charge in [0, 0.05) is 13.1 Å². The Hall–Kier alpha value is -1.56. The van der Waals surface area contributed by atoms with Gasteiger partial charge >= 0.3 is 6.09 Å². The number of sulfone groups is 1. The van der Waals surface area contributed by atoms with E-state index in [0.29, 0.717) is 0 Å². The topological polar surface area (TPSA) is 63.7 Å². The maximum absolute atomic E-state index is 12.0. The van der Waals surface area contributed by atoms with Gasteiger partial charge in [0.2, 0.25) is 0 Å². The monoisotopic (exact) mass is 297 g/mol. The highest BCUT2D eigenvalue weighted by molar-refractivity contribution is 7.92. The number of amides is 1. The van der Waals surface area contributed by atoms with Gasteiger partial charge in [-0.3, -0.25) is 0 Å². The van der Waals surface area contributed by atoms with Crippen LogP contribution in [-0.4, -0.2) is 43.0 Å². The van der Waals surface area contributed by atoms with Gasteiger partial charge in [0.1, 0.15) is 6.61 Å². The molecule has 1 aliphatic rings. The molecule has 2 unspecified atom stereocenters. The lowest BCUT2D eigenvalue weighted by Crippen LogP contribution is -2.52. The Morgan fingerprint density at radius 1 is 1.20 bits per heavy atom. The third kappa shape index (κ3) is 3.12. The van der Waals surface area contributed by atoms with Crippen molar-refractivity contribution in [3.05, 3.63) is 35.9 Å². The van der Waals surface area contributed by atoms with E-state index in [2.05, 4.69) is 0 Å². The number of rotatable bonds is 2. The van der Waals surface area contributed by atoms with Crippen molar-refractivity contribution in [2.24, 2.45) is 0 Å². The highest BCUT2D eigenvalue weighted by Gasteiger charge is 2.38. The first kappa shape index (κ1) is 14.8. The number of hydrogen-bond donors (Lipinski definition) is 0. The summed E-state index contributed by atoms with van der Waals surface area (Å²) in [5, 5.41) is -1.09. The zero-order valence-electron chi connectivity index (χ0n) is 11.7. The van der Waals surface area contributed by atoms with Crippen LogP contribution in [0.2, 0.25) is 0 Å². The van der Waals surface area contributed by atoms with Gasteiger partial charge in [0.15, 0.2) is 9.84 Å². The zero-order chi connectivity index (χ0) is 14.8. The third-order valence-corrected chi connectivity index (χ3v) is 6.08. The Balaban J connectivity index is 1.94. The summed E-state index contributed by atoms with van der Waals surface area (Å²) in [6, 6.07) is 9.39. The first-order chi connectivity index (χ1) is 9.41. The molecule has 0 bridgehead atoms. The SMILES string of the molecule is CC1CN(C(=O)OCc2ccccc2)CC(C)S1(=O)=O. The average Bonchev–Trinajstić information content (AvgIpc) is 2.43. The Morgan fingerprint density at radius 2 is 1.75 bits per heavy atom. The molecule has 0 aliphatic carbocycles. The fourth-order valence-corrected chi connectivity index (χ4v) is 3.83. The number of carbonyl (C=O) groups is 1. The average molecular weight is 297 g/mol. The Labute approximate surface area is 119 Å². The smallest absolute Gasteiger partial charge is 0.410 e. The molecule has 0 radical (unpaired) electrons. The first-order valence-corrected chi connectivity index (χ1v) is 8.20. The molecule has 0 spiro atoms. The van der Waals surface area contributed by atoms with Gasteiger partial charge in [-0.1, -0.05) is 30.3 Å². The molecule has 110 valence electrons. The Morgan fingerprint density at radius 3 is 2.30 bits per heavy atom. The van der Waals surface area contributed by atoms with Crippen LogP contribution in [0.1, 0.15) is 19.4 Å². The van der Waals surface area contributed by atoms with Crippen LogP contribution in [0.3, 0.4) is 0 Å². The Kier molecular flexibility index (Phi) is 4.32. The standard InChI is InChI=1S/C14H19NO4S/c1-11-8-15(9-12(2)20(11,17)18)14(16)19-10-13-6-4-3-5-7-13/h3-7,11-12H,8-10H2,1-2H3. The van der Waals surface area contributed by atoms with Crippen molar-refractivity contribution in [2.75, 3.05) is 13.1 Å². The van der Waals surface area contributed by atoms with E-state index in [9.17, 15) is 13.2 Å². The van der Waals surface area contributed by atoms with Crippen molar-refractivity contribution in [1.82, 2.24) is 4.90 Å². The van der Waals surface area contributed by atoms with Crippen molar-refractivity contribution in [1.29, 1.82) is 0 Å². The van der Waals surface area contributed by atoms with Crippen molar-refractivity contribution < 1.29 is 17.9 Å². The molecule has 0 aromatic heterocycles. The molecule has 1 fully saturated rings. The van der Waals surface area contributed by atoms with E-state index in [4.69, 9.17) is 4.74 Å². The molecule has 1 amide bonds. The lowest BCUT2D eigenvalue weighted by molar-refractivity contribution is 0.0947. The number of ether oxygens (including phenoxy) is 1. The van der Waals surface area contributed by atoms with E-state index in [0.717, 1.165) is 5.56 Å². The molecule has 0 N–H and O–H groups in total. The van der Waals surface area contributed by atoms with Crippen LogP contribution in [0.4, 0.5) is 4.79 Å². The fourth-order valence-electron chi connectivity index (χ4n) is 2.26. The molecule has 1 saturated heterocycles. The van der Waals surface area contributed by atoms with Gasteiger partial charge in [-0.25, -0.2) is 13.2 Å². The van der Waals surface area contributed by atoms with E-state index in [-0.39, 0.29) is 19.7 Å². The van der Waals surface area contributed by atoms with Gasteiger partial charge in [-0.15, -0.1) is 0 Å². The lowest BCUT2D eigenvalue weighted by atomic mass is 10.2. The van der Waals surface area contributed by atoms with Crippen LogP contribution >= 0.6 is 0 Å². The minimum absolute atomic E-state index is 0.195. The van der Waals surface area contributed by atoms with Gasteiger partial charge in [-0.05, 0) is 19.4 Å². The van der Waals surface area contributed by atoms with Crippen LogP contribution in [0.5, 0.6) is 0 Å². The molecular formula is C14H19NO4S. The number of nitrogens with zero attached hydrogens (tertiary/aromatic N) is 1. The van der Waals surface area contributed by atoms with Gasteiger partial charge in [-0.2, -0.15) is 0 Å². The van der Waals surface area contributed by atoms with Crippen molar-refractivity contribution in [3.8, 4) is 0 Å². The summed E-state index contributed by atoms with van der Waals surface area (Å²) in [7, 11) is -3.12. The highest BCUT2D eigenvalue weighted by Crippen LogP contribution is 2.19. The molecule has 1 heterocycles. The van der Waals surface area contributed by atoms with Crippen molar-refractivity contribution in [2.45, 2.75) is 31.0 Å². The number of carbonyl (C=O) groups excluding carboxylic acids is 1. The van der Waals surface area contributed by atoms with E-state index in [1.807, 2.05) is 30.3 Å². The maximum Gasteiger partial charge on any atom is 0.410 e. The molecule has 1 aromatic carbocycles. The normalized spacial score (nSPS) is 25.2. The van der Waals surface area contributed by atoms with E-state index < -0.39 is 26.4 Å². The minimum atomic E-state index is -3.12. The van der Waals surface area contributed by atoms with E-state index >= 15 is 0 Å². The number of hydrogen-bond acceptors (Lipinski definition) is 4. The molecule has 1 aromatic rings. The first-order valence-electron chi connectivity index (χ1n) is 6.59. The fraction of sp³-hybridized carbons (Fsp3) is 0.500. The van der Waals surface area contributed by atoms with Crippen LogP contribution in [0.15, 0.2) is 30.3 Å². The summed E-state index contributed by atoms with van der Waals surface area (Å²) in [5.74, 6) is 0. The van der Waals surface area contributed by atoms with Gasteiger partial charge in [0.25, 0.3) is 0 Å². The van der Waals surface area contributed by atoms with Crippen LogP contribution < -0.4 is 0 Å². The number of benzene rings is 1. The zero-order valence-corrected chi connectivity index (χ0v) is 12.5. The molecule has 1 aliphatic heterocycles. The van der Waals surface area contributed by atoms with Gasteiger partial charge in [0.05, 0.1) is 10.5 Å². The summed E-state index contributed by atoms with van der Waals surface area (Å²) >= 11 is 0. The summed E-state index contributed by atoms with van der Waals surface area (Å²) in [4.78, 5) is 13.5. The summed E-state index contributed by atoms with van der Waals surface area (Å²) in [6.45, 7) is 3.84. The molecule has 6 heteroatoms. The second-order valence-electron chi connectivity index (χ2n) is 5.16. The second kappa shape index (κ2) is 5.83. The van der Waals surface area contributed by atoms with Crippen molar-refractivity contribution in [3.63, 3.8) is 0 Å². The quantitative estimate of drug-likeness (QED) is 0.835. The lowest BCUT2D eigenvalue weighted by Gasteiger charge is -2.34. The molecule has 0 saturated carbocycles. The van der Waals surface area contributed by atoms with Crippen LogP contribution in [0.25, 0.3) is 0 Å². The maximum atomic E-state index is 12.0. The summed E-state index contributed by atoms with van der Waals surface area (Å²) in [6.07, 6.45) is -0.456. The van der Waals surface area contributed by atoms with Crippen molar-refractivity contribution >= 4 is 15.9 Å².